The predicted molar refractivity (Wildman–Crippen MR) is 118 cm³/mol. The van der Waals surface area contributed by atoms with E-state index in [0.29, 0.717) is 46.8 Å². The zero-order valence-electron chi connectivity index (χ0n) is 17.3. The Morgan fingerprint density at radius 3 is 2.84 bits per heavy atom. The Hall–Kier alpha value is -3.59. The zero-order chi connectivity index (χ0) is 22.2. The lowest BCUT2D eigenvalue weighted by atomic mass is 10.1. The van der Waals surface area contributed by atoms with E-state index in [9.17, 15) is 9.59 Å². The number of benzene rings is 1. The molecule has 3 rings (SSSR count). The molecule has 0 aliphatic rings. The number of hydrogen-bond donors (Lipinski definition) is 2. The van der Waals surface area contributed by atoms with Crippen LogP contribution in [-0.2, 0) is 22.6 Å². The molecular weight excluding hydrogens is 418 g/mol. The first-order valence-electron chi connectivity index (χ1n) is 9.48. The first-order valence-corrected chi connectivity index (χ1v) is 10.4. The van der Waals surface area contributed by atoms with E-state index in [1.165, 1.54) is 18.3 Å². The van der Waals surface area contributed by atoms with Gasteiger partial charge in [-0.3, -0.25) is 14.9 Å². The lowest BCUT2D eigenvalue weighted by Crippen LogP contribution is -2.20. The van der Waals surface area contributed by atoms with Crippen LogP contribution < -0.4 is 20.1 Å². The van der Waals surface area contributed by atoms with Crippen molar-refractivity contribution in [1.29, 1.82) is 0 Å². The molecule has 31 heavy (non-hydrogen) atoms. The van der Waals surface area contributed by atoms with Gasteiger partial charge >= 0.3 is 0 Å². The first-order chi connectivity index (χ1) is 15.0. The standard InChI is InChI=1S/C22H23N3O5S/c1-4-5-15-6-8-19(20(10-15)28-3)29-12-21(27)25-22-24-17(13-31-22)18-9-7-16(30-18)11-23-14(2)26/h4,6-10,13H,1,5,11-12H2,2-3H3,(H,23,26)(H,24,25,27). The Bertz CT molecular complexity index is 1070. The fraction of sp³-hybridized carbons (Fsp3) is 0.227. The third-order valence-electron chi connectivity index (χ3n) is 4.14. The highest BCUT2D eigenvalue weighted by Crippen LogP contribution is 2.29. The molecule has 0 fully saturated rings. The van der Waals surface area contributed by atoms with Crippen LogP contribution in [0, 0.1) is 0 Å². The zero-order valence-corrected chi connectivity index (χ0v) is 18.1. The van der Waals surface area contributed by atoms with Crippen LogP contribution in [0.1, 0.15) is 18.2 Å². The molecule has 9 heteroatoms. The summed E-state index contributed by atoms with van der Waals surface area (Å²) in [5, 5.41) is 7.58. The van der Waals surface area contributed by atoms with Gasteiger partial charge in [0.1, 0.15) is 11.5 Å². The van der Waals surface area contributed by atoms with Gasteiger partial charge in [-0.1, -0.05) is 12.1 Å². The Morgan fingerprint density at radius 1 is 1.26 bits per heavy atom. The van der Waals surface area contributed by atoms with Gasteiger partial charge in [-0.2, -0.15) is 0 Å². The number of allylic oxidation sites excluding steroid dienone is 1. The van der Waals surface area contributed by atoms with Gasteiger partial charge in [0.05, 0.1) is 13.7 Å². The number of anilines is 1. The van der Waals surface area contributed by atoms with Crippen molar-refractivity contribution in [2.24, 2.45) is 0 Å². The number of ether oxygens (including phenoxy) is 2. The molecule has 0 aliphatic heterocycles. The molecule has 0 unspecified atom stereocenters. The highest BCUT2D eigenvalue weighted by molar-refractivity contribution is 7.14. The molecule has 2 N–H and O–H groups in total. The second-order valence-corrected chi connectivity index (χ2v) is 7.39. The number of furan rings is 1. The minimum Gasteiger partial charge on any atom is -0.493 e. The number of carbonyl (C=O) groups is 2. The van der Waals surface area contributed by atoms with Crippen LogP contribution in [0.15, 0.2) is 52.8 Å². The van der Waals surface area contributed by atoms with E-state index in [1.807, 2.05) is 12.1 Å². The maximum Gasteiger partial charge on any atom is 0.264 e. The predicted octanol–water partition coefficient (Wildman–Crippen LogP) is 3.79. The van der Waals surface area contributed by atoms with Crippen molar-refractivity contribution >= 4 is 28.3 Å². The fourth-order valence-electron chi connectivity index (χ4n) is 2.69. The van der Waals surface area contributed by atoms with Crippen molar-refractivity contribution in [3.05, 3.63) is 59.7 Å². The number of aromatic nitrogens is 1. The third-order valence-corrected chi connectivity index (χ3v) is 4.90. The topological polar surface area (TPSA) is 103 Å². The van der Waals surface area contributed by atoms with E-state index in [1.54, 1.807) is 36.8 Å². The highest BCUT2D eigenvalue weighted by Gasteiger charge is 2.13. The SMILES string of the molecule is C=CCc1ccc(OCC(=O)Nc2nc(-c3ccc(CNC(C)=O)o3)cs2)c(OC)c1. The summed E-state index contributed by atoms with van der Waals surface area (Å²) in [5.74, 6) is 1.72. The molecule has 0 saturated heterocycles. The number of hydrogen-bond acceptors (Lipinski definition) is 7. The van der Waals surface area contributed by atoms with E-state index in [0.717, 1.165) is 5.56 Å². The summed E-state index contributed by atoms with van der Waals surface area (Å²) < 4.78 is 16.6. The number of amides is 2. The smallest absolute Gasteiger partial charge is 0.264 e. The van der Waals surface area contributed by atoms with Crippen LogP contribution in [0.25, 0.3) is 11.5 Å². The molecule has 0 radical (unpaired) electrons. The molecule has 2 heterocycles. The van der Waals surface area contributed by atoms with E-state index in [4.69, 9.17) is 13.9 Å². The van der Waals surface area contributed by atoms with Crippen LogP contribution in [-0.4, -0.2) is 30.5 Å². The molecule has 8 nitrogen and oxygen atoms in total. The minimum atomic E-state index is -0.344. The number of thiazole rings is 1. The highest BCUT2D eigenvalue weighted by atomic mass is 32.1. The molecule has 0 aliphatic carbocycles. The first kappa shape index (κ1) is 22.1. The van der Waals surface area contributed by atoms with Gasteiger partial charge in [-0.15, -0.1) is 17.9 Å². The van der Waals surface area contributed by atoms with Gasteiger partial charge in [0, 0.05) is 12.3 Å². The Morgan fingerprint density at radius 2 is 2.10 bits per heavy atom. The Balaban J connectivity index is 1.55. The van der Waals surface area contributed by atoms with Gasteiger partial charge < -0.3 is 19.2 Å². The second kappa shape index (κ2) is 10.4. The second-order valence-electron chi connectivity index (χ2n) is 6.53. The number of nitrogens with zero attached hydrogens (tertiary/aromatic N) is 1. The molecule has 0 spiro atoms. The third kappa shape index (κ3) is 6.19. The van der Waals surface area contributed by atoms with Gasteiger partial charge in [0.2, 0.25) is 5.91 Å². The van der Waals surface area contributed by atoms with Gasteiger partial charge in [-0.25, -0.2) is 4.98 Å². The van der Waals surface area contributed by atoms with Crippen molar-refractivity contribution < 1.29 is 23.5 Å². The van der Waals surface area contributed by atoms with Crippen LogP contribution in [0.2, 0.25) is 0 Å². The molecule has 0 bridgehead atoms. The van der Waals surface area contributed by atoms with E-state index in [2.05, 4.69) is 22.2 Å². The van der Waals surface area contributed by atoms with Crippen molar-refractivity contribution in [3.8, 4) is 23.0 Å². The molecule has 162 valence electrons. The maximum atomic E-state index is 12.3. The van der Waals surface area contributed by atoms with Crippen LogP contribution in [0.4, 0.5) is 5.13 Å². The van der Waals surface area contributed by atoms with Gasteiger partial charge in [0.25, 0.3) is 5.91 Å². The average Bonchev–Trinajstić information content (AvgIpc) is 3.41. The molecule has 0 atom stereocenters. The fourth-order valence-corrected chi connectivity index (χ4v) is 3.41. The summed E-state index contributed by atoms with van der Waals surface area (Å²) in [6.07, 6.45) is 2.52. The monoisotopic (exact) mass is 441 g/mol. The lowest BCUT2D eigenvalue weighted by Gasteiger charge is -2.11. The number of carbonyl (C=O) groups excluding carboxylic acids is 2. The Kier molecular flexibility index (Phi) is 7.45. The summed E-state index contributed by atoms with van der Waals surface area (Å²) in [6, 6.07) is 9.05. The summed E-state index contributed by atoms with van der Waals surface area (Å²) >= 11 is 1.27. The number of rotatable bonds is 10. The molecule has 3 aromatic rings. The minimum absolute atomic E-state index is 0.135. The number of nitrogens with one attached hydrogen (secondary N) is 2. The van der Waals surface area contributed by atoms with Crippen LogP contribution in [0.3, 0.4) is 0 Å². The van der Waals surface area contributed by atoms with E-state index < -0.39 is 0 Å². The van der Waals surface area contributed by atoms with E-state index >= 15 is 0 Å². The summed E-state index contributed by atoms with van der Waals surface area (Å²) in [7, 11) is 1.55. The largest absolute Gasteiger partial charge is 0.493 e. The van der Waals surface area contributed by atoms with Gasteiger partial charge in [0.15, 0.2) is 29.0 Å². The summed E-state index contributed by atoms with van der Waals surface area (Å²) in [5.41, 5.74) is 1.63. The maximum absolute atomic E-state index is 12.3. The quantitative estimate of drug-likeness (QED) is 0.464. The average molecular weight is 442 g/mol. The number of methoxy groups -OCH3 is 1. The molecule has 2 aromatic heterocycles. The lowest BCUT2D eigenvalue weighted by molar-refractivity contribution is -0.119. The molecule has 0 saturated carbocycles. The molecular formula is C22H23N3O5S. The van der Waals surface area contributed by atoms with Crippen molar-refractivity contribution in [3.63, 3.8) is 0 Å². The molecule has 2 amide bonds. The normalized spacial score (nSPS) is 10.4. The van der Waals surface area contributed by atoms with E-state index in [-0.39, 0.29) is 18.4 Å². The van der Waals surface area contributed by atoms with Crippen LogP contribution >= 0.6 is 11.3 Å². The Labute approximate surface area is 183 Å². The van der Waals surface area contributed by atoms with Crippen molar-refractivity contribution in [1.82, 2.24) is 10.3 Å². The van der Waals surface area contributed by atoms with Crippen LogP contribution in [0.5, 0.6) is 11.5 Å². The summed E-state index contributed by atoms with van der Waals surface area (Å²) in [6.45, 7) is 5.28. The van der Waals surface area contributed by atoms with Crippen molar-refractivity contribution in [2.45, 2.75) is 19.9 Å². The van der Waals surface area contributed by atoms with Gasteiger partial charge in [-0.05, 0) is 36.2 Å². The van der Waals surface area contributed by atoms with Crippen molar-refractivity contribution in [2.75, 3.05) is 19.0 Å². The molecule has 1 aromatic carbocycles. The summed E-state index contributed by atoms with van der Waals surface area (Å²) in [4.78, 5) is 27.6.